The summed E-state index contributed by atoms with van der Waals surface area (Å²) in [6, 6.07) is 3.66. The van der Waals surface area contributed by atoms with E-state index in [1.807, 2.05) is 0 Å². The summed E-state index contributed by atoms with van der Waals surface area (Å²) in [5, 5.41) is 0. The van der Waals surface area contributed by atoms with Crippen LogP contribution in [0.15, 0.2) is 29.3 Å². The molecule has 0 aromatic heterocycles. The standard InChI is InChI=1S/C10H6F5NO/c11-9(12,10(13,14)15)8-3-1-2-7(4-8)5-16-6-17/h1-4H,5H2. The van der Waals surface area contributed by atoms with Crippen LogP contribution in [0.3, 0.4) is 0 Å². The Morgan fingerprint density at radius 3 is 2.35 bits per heavy atom. The summed E-state index contributed by atoms with van der Waals surface area (Å²) in [4.78, 5) is 12.9. The van der Waals surface area contributed by atoms with Crippen molar-refractivity contribution in [2.24, 2.45) is 4.99 Å². The Morgan fingerprint density at radius 1 is 1.18 bits per heavy atom. The molecule has 0 unspecified atom stereocenters. The van der Waals surface area contributed by atoms with Gasteiger partial charge in [-0.1, -0.05) is 18.2 Å². The van der Waals surface area contributed by atoms with Crippen molar-refractivity contribution < 1.29 is 26.7 Å². The molecule has 17 heavy (non-hydrogen) atoms. The lowest BCUT2D eigenvalue weighted by Gasteiger charge is -2.20. The number of nitrogens with zero attached hydrogens (tertiary/aromatic N) is 1. The fourth-order valence-electron chi connectivity index (χ4n) is 1.15. The van der Waals surface area contributed by atoms with Crippen molar-refractivity contribution in [3.05, 3.63) is 35.4 Å². The van der Waals surface area contributed by atoms with Crippen molar-refractivity contribution in [2.45, 2.75) is 18.6 Å². The van der Waals surface area contributed by atoms with E-state index in [0.717, 1.165) is 6.07 Å². The third kappa shape index (κ3) is 2.88. The summed E-state index contributed by atoms with van der Waals surface area (Å²) in [5.41, 5.74) is -1.10. The van der Waals surface area contributed by atoms with Gasteiger partial charge < -0.3 is 0 Å². The molecule has 7 heteroatoms. The molecule has 0 saturated heterocycles. The van der Waals surface area contributed by atoms with Crippen LogP contribution in [-0.2, 0) is 17.3 Å². The highest BCUT2D eigenvalue weighted by Crippen LogP contribution is 2.43. The molecule has 0 atom stereocenters. The molecule has 0 aliphatic carbocycles. The number of isocyanates is 1. The summed E-state index contributed by atoms with van der Waals surface area (Å²) in [6.45, 7) is -0.286. The molecule has 1 rings (SSSR count). The second-order valence-corrected chi connectivity index (χ2v) is 3.18. The van der Waals surface area contributed by atoms with Crippen LogP contribution in [-0.4, -0.2) is 12.3 Å². The number of benzene rings is 1. The molecule has 0 spiro atoms. The molecule has 0 bridgehead atoms. The zero-order chi connectivity index (χ0) is 13.1. The number of hydrogen-bond donors (Lipinski definition) is 0. The minimum absolute atomic E-state index is 0.0785. The summed E-state index contributed by atoms with van der Waals surface area (Å²) in [7, 11) is 0. The van der Waals surface area contributed by atoms with Crippen molar-refractivity contribution in [3.63, 3.8) is 0 Å². The van der Waals surface area contributed by atoms with Crippen molar-refractivity contribution in [2.75, 3.05) is 0 Å². The van der Waals surface area contributed by atoms with E-state index < -0.39 is 17.7 Å². The molecule has 1 aromatic rings. The number of hydrogen-bond acceptors (Lipinski definition) is 2. The minimum atomic E-state index is -5.65. The van der Waals surface area contributed by atoms with Gasteiger partial charge in [0.1, 0.15) is 0 Å². The Morgan fingerprint density at radius 2 is 1.82 bits per heavy atom. The van der Waals surface area contributed by atoms with Gasteiger partial charge in [-0.2, -0.15) is 22.0 Å². The van der Waals surface area contributed by atoms with Gasteiger partial charge >= 0.3 is 12.1 Å². The third-order valence-electron chi connectivity index (χ3n) is 1.97. The van der Waals surface area contributed by atoms with E-state index in [4.69, 9.17) is 0 Å². The van der Waals surface area contributed by atoms with E-state index in [1.54, 1.807) is 0 Å². The fraction of sp³-hybridized carbons (Fsp3) is 0.300. The average Bonchev–Trinajstić information content (AvgIpc) is 2.25. The lowest BCUT2D eigenvalue weighted by atomic mass is 10.0. The summed E-state index contributed by atoms with van der Waals surface area (Å²) in [6.07, 6.45) is -4.48. The van der Waals surface area contributed by atoms with Crippen LogP contribution in [0.2, 0.25) is 0 Å². The van der Waals surface area contributed by atoms with Crippen LogP contribution in [0.25, 0.3) is 0 Å². The fourth-order valence-corrected chi connectivity index (χ4v) is 1.15. The molecule has 0 amide bonds. The lowest BCUT2D eigenvalue weighted by molar-refractivity contribution is -0.289. The Hall–Kier alpha value is -1.75. The molecule has 0 heterocycles. The molecule has 92 valence electrons. The summed E-state index contributed by atoms with van der Waals surface area (Å²) >= 11 is 0. The van der Waals surface area contributed by atoms with Crippen molar-refractivity contribution in [1.29, 1.82) is 0 Å². The summed E-state index contributed by atoms with van der Waals surface area (Å²) < 4.78 is 62.1. The molecule has 0 N–H and O–H groups in total. The maximum atomic E-state index is 12.9. The number of aliphatic imine (C=N–C) groups is 1. The van der Waals surface area contributed by atoms with Crippen LogP contribution < -0.4 is 0 Å². The first kappa shape index (κ1) is 13.3. The Balaban J connectivity index is 3.11. The molecule has 2 nitrogen and oxygen atoms in total. The predicted molar refractivity (Wildman–Crippen MR) is 48.2 cm³/mol. The maximum Gasteiger partial charge on any atom is 0.458 e. The zero-order valence-corrected chi connectivity index (χ0v) is 8.26. The van der Waals surface area contributed by atoms with Crippen LogP contribution in [0.1, 0.15) is 11.1 Å². The molecule has 0 aliphatic rings. The highest BCUT2D eigenvalue weighted by molar-refractivity contribution is 5.34. The highest BCUT2D eigenvalue weighted by atomic mass is 19.4. The van der Waals surface area contributed by atoms with E-state index in [-0.39, 0.29) is 12.1 Å². The quantitative estimate of drug-likeness (QED) is 0.461. The molecule has 0 fully saturated rings. The Labute approximate surface area is 92.8 Å². The molecule has 0 saturated carbocycles. The smallest absolute Gasteiger partial charge is 0.211 e. The largest absolute Gasteiger partial charge is 0.458 e. The SMILES string of the molecule is O=C=NCc1cccc(C(F)(F)C(F)(F)F)c1. The maximum absolute atomic E-state index is 12.9. The van der Waals surface area contributed by atoms with E-state index >= 15 is 0 Å². The lowest BCUT2D eigenvalue weighted by Crippen LogP contribution is -2.33. The third-order valence-corrected chi connectivity index (χ3v) is 1.97. The minimum Gasteiger partial charge on any atom is -0.211 e. The van der Waals surface area contributed by atoms with Gasteiger partial charge in [0.2, 0.25) is 6.08 Å². The van der Waals surface area contributed by atoms with Crippen molar-refractivity contribution in [1.82, 2.24) is 0 Å². The van der Waals surface area contributed by atoms with Gasteiger partial charge in [0.25, 0.3) is 0 Å². The topological polar surface area (TPSA) is 29.4 Å². The average molecular weight is 251 g/mol. The van der Waals surface area contributed by atoms with Crippen LogP contribution in [0.5, 0.6) is 0 Å². The van der Waals surface area contributed by atoms with Crippen molar-refractivity contribution in [3.8, 4) is 0 Å². The first-order valence-corrected chi connectivity index (χ1v) is 4.36. The van der Waals surface area contributed by atoms with Gasteiger partial charge in [-0.05, 0) is 11.6 Å². The second kappa shape index (κ2) is 4.63. The molecule has 1 aromatic carbocycles. The van der Waals surface area contributed by atoms with Gasteiger partial charge in [-0.3, -0.25) is 0 Å². The van der Waals surface area contributed by atoms with E-state index in [1.165, 1.54) is 12.1 Å². The molecular weight excluding hydrogens is 245 g/mol. The van der Waals surface area contributed by atoms with Gasteiger partial charge in [0.05, 0.1) is 6.54 Å². The van der Waals surface area contributed by atoms with Crippen LogP contribution in [0, 0.1) is 0 Å². The van der Waals surface area contributed by atoms with Crippen LogP contribution in [0.4, 0.5) is 22.0 Å². The van der Waals surface area contributed by atoms with Gasteiger partial charge in [0, 0.05) is 5.56 Å². The normalized spacial score (nSPS) is 12.1. The van der Waals surface area contributed by atoms with E-state index in [0.29, 0.717) is 12.1 Å². The monoisotopic (exact) mass is 251 g/mol. The molecule has 0 radical (unpaired) electrons. The van der Waals surface area contributed by atoms with Crippen LogP contribution >= 0.6 is 0 Å². The van der Waals surface area contributed by atoms with E-state index in [2.05, 4.69) is 4.99 Å². The Kier molecular flexibility index (Phi) is 3.63. The Bertz CT molecular complexity index is 448. The zero-order valence-electron chi connectivity index (χ0n) is 8.26. The van der Waals surface area contributed by atoms with E-state index in [9.17, 15) is 26.7 Å². The highest BCUT2D eigenvalue weighted by Gasteiger charge is 2.58. The first-order valence-electron chi connectivity index (χ1n) is 4.36. The van der Waals surface area contributed by atoms with Gasteiger partial charge in [0.15, 0.2) is 0 Å². The van der Waals surface area contributed by atoms with Gasteiger partial charge in [-0.15, -0.1) is 0 Å². The molecular formula is C10H6F5NO. The second-order valence-electron chi connectivity index (χ2n) is 3.18. The number of rotatable bonds is 3. The first-order chi connectivity index (χ1) is 7.79. The molecule has 0 aliphatic heterocycles. The number of alkyl halides is 5. The number of halogens is 5. The summed E-state index contributed by atoms with van der Waals surface area (Å²) in [5.74, 6) is -4.92. The van der Waals surface area contributed by atoms with Gasteiger partial charge in [-0.25, -0.2) is 9.79 Å². The number of carbonyl (C=O) groups excluding carboxylic acids is 1. The predicted octanol–water partition coefficient (Wildman–Crippen LogP) is 3.18. The van der Waals surface area contributed by atoms with Crippen molar-refractivity contribution >= 4 is 6.08 Å².